The van der Waals surface area contributed by atoms with E-state index < -0.39 is 21.9 Å². The first-order valence-corrected chi connectivity index (χ1v) is 11.1. The number of nitrogens with zero attached hydrogens (tertiary/aromatic N) is 1. The van der Waals surface area contributed by atoms with E-state index in [2.05, 4.69) is 5.32 Å². The Morgan fingerprint density at radius 3 is 2.58 bits per heavy atom. The molecule has 1 saturated carbocycles. The molecule has 26 heavy (non-hydrogen) atoms. The van der Waals surface area contributed by atoms with Crippen LogP contribution in [0.15, 0.2) is 24.3 Å². The third kappa shape index (κ3) is 4.62. The van der Waals surface area contributed by atoms with Gasteiger partial charge in [-0.1, -0.05) is 37.5 Å². The van der Waals surface area contributed by atoms with Crippen molar-refractivity contribution in [3.05, 3.63) is 35.6 Å². The highest BCUT2D eigenvalue weighted by molar-refractivity contribution is 7.89. The van der Waals surface area contributed by atoms with Crippen LogP contribution in [0.5, 0.6) is 0 Å². The average molecular weight is 383 g/mol. The molecular weight excluding hydrogens is 355 g/mol. The molecule has 0 radical (unpaired) electrons. The minimum absolute atomic E-state index is 0.114. The highest BCUT2D eigenvalue weighted by Crippen LogP contribution is 2.24. The lowest BCUT2D eigenvalue weighted by Crippen LogP contribution is -2.49. The molecule has 2 aliphatic rings. The monoisotopic (exact) mass is 382 g/mol. The summed E-state index contributed by atoms with van der Waals surface area (Å²) < 4.78 is 40.6. The Hall–Kier alpha value is -1.47. The second kappa shape index (κ2) is 8.48. The zero-order valence-corrected chi connectivity index (χ0v) is 15.8. The average Bonchev–Trinajstić information content (AvgIpc) is 3.13. The number of hydrogen-bond acceptors (Lipinski definition) is 3. The van der Waals surface area contributed by atoms with E-state index in [9.17, 15) is 17.6 Å². The van der Waals surface area contributed by atoms with Gasteiger partial charge in [0.2, 0.25) is 15.9 Å². The largest absolute Gasteiger partial charge is 0.352 e. The molecule has 3 rings (SSSR count). The Kier molecular flexibility index (Phi) is 6.29. The van der Waals surface area contributed by atoms with E-state index in [1.807, 2.05) is 0 Å². The van der Waals surface area contributed by atoms with Crippen LogP contribution in [0, 0.1) is 5.82 Å². The number of carbonyl (C=O) groups is 1. The van der Waals surface area contributed by atoms with Gasteiger partial charge in [0.05, 0.1) is 5.75 Å². The van der Waals surface area contributed by atoms with Crippen molar-refractivity contribution in [2.45, 2.75) is 63.5 Å². The number of benzene rings is 1. The van der Waals surface area contributed by atoms with Gasteiger partial charge in [0.15, 0.2) is 0 Å². The lowest BCUT2D eigenvalue weighted by atomic mass is 9.95. The Bertz CT molecular complexity index is 732. The first-order chi connectivity index (χ1) is 12.5. The number of halogens is 1. The molecule has 2 fully saturated rings. The second-order valence-corrected chi connectivity index (χ2v) is 9.31. The molecule has 1 aromatic rings. The molecule has 1 saturated heterocycles. The second-order valence-electron chi connectivity index (χ2n) is 7.27. The summed E-state index contributed by atoms with van der Waals surface area (Å²) in [7, 11) is -3.60. The van der Waals surface area contributed by atoms with Crippen molar-refractivity contribution in [1.82, 2.24) is 9.62 Å². The molecule has 1 amide bonds. The number of aryl methyl sites for hydroxylation is 1. The number of amides is 1. The maximum atomic E-state index is 13.7. The van der Waals surface area contributed by atoms with Gasteiger partial charge < -0.3 is 5.32 Å². The summed E-state index contributed by atoms with van der Waals surface area (Å²) >= 11 is 0. The summed E-state index contributed by atoms with van der Waals surface area (Å²) in [6, 6.07) is 5.75. The number of nitrogens with one attached hydrogen (secondary N) is 1. The fourth-order valence-electron chi connectivity index (χ4n) is 3.94. The van der Waals surface area contributed by atoms with E-state index in [1.54, 1.807) is 18.2 Å². The molecule has 1 atom stereocenters. The smallest absolute Gasteiger partial charge is 0.238 e. The molecule has 0 spiro atoms. The lowest BCUT2D eigenvalue weighted by Gasteiger charge is -2.28. The molecule has 1 N–H and O–H groups in total. The molecule has 5 nitrogen and oxygen atoms in total. The Morgan fingerprint density at radius 1 is 1.12 bits per heavy atom. The summed E-state index contributed by atoms with van der Waals surface area (Å²) in [4.78, 5) is 12.6. The van der Waals surface area contributed by atoms with Crippen LogP contribution in [0.25, 0.3) is 0 Å². The van der Waals surface area contributed by atoms with Crippen LogP contribution < -0.4 is 5.32 Å². The van der Waals surface area contributed by atoms with Crippen molar-refractivity contribution in [2.75, 3.05) is 12.3 Å². The van der Waals surface area contributed by atoms with Gasteiger partial charge in [-0.15, -0.1) is 0 Å². The fraction of sp³-hybridized carbons (Fsp3) is 0.632. The predicted octanol–water partition coefficient (Wildman–Crippen LogP) is 2.61. The number of carbonyl (C=O) groups excluding carboxylic acids is 1. The molecule has 1 heterocycles. The highest BCUT2D eigenvalue weighted by atomic mass is 32.2. The van der Waals surface area contributed by atoms with Crippen LogP contribution in [0.1, 0.15) is 50.5 Å². The third-order valence-electron chi connectivity index (χ3n) is 5.40. The standard InChI is InChI=1S/C19H27FN2O3S/c20-17-10-5-4-7-15(17)12-14-26(24,25)22-13-6-11-18(22)19(23)21-16-8-2-1-3-9-16/h4-5,7,10,16,18H,1-3,6,8-9,11-14H2,(H,21,23)/t18-/m0/s1. The van der Waals surface area contributed by atoms with Crippen LogP contribution in [0.4, 0.5) is 4.39 Å². The van der Waals surface area contributed by atoms with Crippen molar-refractivity contribution in [1.29, 1.82) is 0 Å². The first kappa shape index (κ1) is 19.3. The molecular formula is C19H27FN2O3S. The summed E-state index contributed by atoms with van der Waals surface area (Å²) in [6.45, 7) is 0.363. The molecule has 0 aromatic heterocycles. The van der Waals surface area contributed by atoms with Gasteiger partial charge >= 0.3 is 0 Å². The van der Waals surface area contributed by atoms with Gasteiger partial charge in [-0.05, 0) is 43.7 Å². The predicted molar refractivity (Wildman–Crippen MR) is 98.6 cm³/mol. The SMILES string of the molecule is O=C(NC1CCCCC1)[C@@H]1CCCN1S(=O)(=O)CCc1ccccc1F. The maximum Gasteiger partial charge on any atom is 0.238 e. The van der Waals surface area contributed by atoms with Crippen molar-refractivity contribution in [2.24, 2.45) is 0 Å². The molecule has 144 valence electrons. The summed E-state index contributed by atoms with van der Waals surface area (Å²) in [6.07, 6.45) is 6.71. The topological polar surface area (TPSA) is 66.5 Å². The normalized spacial score (nSPS) is 22.4. The van der Waals surface area contributed by atoms with Gasteiger partial charge in [-0.3, -0.25) is 4.79 Å². The van der Waals surface area contributed by atoms with Gasteiger partial charge in [0.25, 0.3) is 0 Å². The quantitative estimate of drug-likeness (QED) is 0.822. The van der Waals surface area contributed by atoms with Crippen LogP contribution >= 0.6 is 0 Å². The van der Waals surface area contributed by atoms with E-state index in [0.29, 0.717) is 24.9 Å². The van der Waals surface area contributed by atoms with Crippen LogP contribution in [-0.2, 0) is 21.2 Å². The minimum atomic E-state index is -3.60. The maximum absolute atomic E-state index is 13.7. The Balaban J connectivity index is 1.62. The van der Waals surface area contributed by atoms with Crippen molar-refractivity contribution in [3.63, 3.8) is 0 Å². The van der Waals surface area contributed by atoms with E-state index in [1.165, 1.54) is 16.8 Å². The van der Waals surface area contributed by atoms with Gasteiger partial charge in [0.1, 0.15) is 11.9 Å². The molecule has 1 aliphatic carbocycles. The van der Waals surface area contributed by atoms with Gasteiger partial charge in [-0.25, -0.2) is 12.8 Å². The number of hydrogen-bond donors (Lipinski definition) is 1. The lowest BCUT2D eigenvalue weighted by molar-refractivity contribution is -0.125. The Labute approximate surface area is 155 Å². The van der Waals surface area contributed by atoms with Crippen molar-refractivity contribution >= 4 is 15.9 Å². The zero-order chi connectivity index (χ0) is 18.6. The summed E-state index contributed by atoms with van der Waals surface area (Å²) in [5.74, 6) is -0.749. The first-order valence-electron chi connectivity index (χ1n) is 9.51. The van der Waals surface area contributed by atoms with E-state index in [4.69, 9.17) is 0 Å². The van der Waals surface area contributed by atoms with Crippen molar-refractivity contribution < 1.29 is 17.6 Å². The van der Waals surface area contributed by atoms with Crippen LogP contribution in [0.3, 0.4) is 0 Å². The van der Waals surface area contributed by atoms with Crippen LogP contribution in [-0.4, -0.2) is 43.0 Å². The highest BCUT2D eigenvalue weighted by Gasteiger charge is 2.38. The minimum Gasteiger partial charge on any atom is -0.352 e. The summed E-state index contributed by atoms with van der Waals surface area (Å²) in [5, 5.41) is 3.04. The van der Waals surface area contributed by atoms with Gasteiger partial charge in [-0.2, -0.15) is 4.31 Å². The summed E-state index contributed by atoms with van der Waals surface area (Å²) in [5.41, 5.74) is 0.387. The van der Waals surface area contributed by atoms with E-state index in [-0.39, 0.29) is 24.1 Å². The molecule has 1 aromatic carbocycles. The number of rotatable bonds is 6. The number of sulfonamides is 1. The molecule has 0 bridgehead atoms. The van der Waals surface area contributed by atoms with Crippen LogP contribution in [0.2, 0.25) is 0 Å². The third-order valence-corrected chi connectivity index (χ3v) is 7.27. The molecule has 7 heteroatoms. The molecule has 0 unspecified atom stereocenters. The van der Waals surface area contributed by atoms with Crippen molar-refractivity contribution in [3.8, 4) is 0 Å². The van der Waals surface area contributed by atoms with Gasteiger partial charge in [0, 0.05) is 12.6 Å². The van der Waals surface area contributed by atoms with E-state index >= 15 is 0 Å². The fourth-order valence-corrected chi connectivity index (χ4v) is 5.65. The zero-order valence-electron chi connectivity index (χ0n) is 15.0. The molecule has 1 aliphatic heterocycles. The Morgan fingerprint density at radius 2 is 1.85 bits per heavy atom. The van der Waals surface area contributed by atoms with E-state index in [0.717, 1.165) is 25.7 Å².